The van der Waals surface area contributed by atoms with Crippen molar-refractivity contribution in [3.05, 3.63) is 29.3 Å². The maximum Gasteiger partial charge on any atom is 0.336 e. The number of carboxylic acids is 1. The average molecular weight is 223 g/mol. The predicted molar refractivity (Wildman–Crippen MR) is 62.4 cm³/mol. The minimum absolute atomic E-state index is 0.0553. The van der Waals surface area contributed by atoms with Crippen LogP contribution in [0.4, 0.5) is 0 Å². The highest BCUT2D eigenvalue weighted by atomic mass is 16.4. The highest BCUT2D eigenvalue weighted by Crippen LogP contribution is 2.78. The van der Waals surface area contributed by atoms with Gasteiger partial charge in [0, 0.05) is 0 Å². The lowest BCUT2D eigenvalue weighted by Gasteiger charge is -2.13. The van der Waals surface area contributed by atoms with Gasteiger partial charge in [-0.25, -0.2) is 4.79 Å². The number of nitriles is 1. The second-order valence-electron chi connectivity index (χ2n) is 5.08. The van der Waals surface area contributed by atoms with Crippen LogP contribution in [0, 0.1) is 16.7 Å². The Kier molecular flexibility index (Phi) is 1.79. The molecular formula is C13H10BNO2. The molecule has 1 aromatic rings. The molecule has 17 heavy (non-hydrogen) atoms. The summed E-state index contributed by atoms with van der Waals surface area (Å²) in [5.74, 6) is -0.989. The first-order valence-electron chi connectivity index (χ1n) is 5.59. The lowest BCUT2D eigenvalue weighted by atomic mass is 9.84. The van der Waals surface area contributed by atoms with Gasteiger partial charge >= 0.3 is 5.97 Å². The molecule has 2 fully saturated rings. The molecule has 0 saturated heterocycles. The summed E-state index contributed by atoms with van der Waals surface area (Å²) in [6.45, 7) is 0. The molecule has 2 aliphatic carbocycles. The topological polar surface area (TPSA) is 61.1 Å². The van der Waals surface area contributed by atoms with Crippen LogP contribution in [0.1, 0.15) is 35.2 Å². The van der Waals surface area contributed by atoms with Gasteiger partial charge in [0.05, 0.1) is 17.0 Å². The molecule has 1 spiro atoms. The molecule has 0 aromatic heterocycles. The zero-order chi connectivity index (χ0) is 12.3. The highest BCUT2D eigenvalue weighted by molar-refractivity contribution is 6.32. The summed E-state index contributed by atoms with van der Waals surface area (Å²) in [4.78, 5) is 11.2. The number of carbonyl (C=O) groups is 1. The first kappa shape index (κ1) is 10.4. The molecule has 0 amide bonds. The maximum atomic E-state index is 11.2. The van der Waals surface area contributed by atoms with E-state index in [4.69, 9.17) is 7.85 Å². The van der Waals surface area contributed by atoms with Crippen LogP contribution in [0.2, 0.25) is 0 Å². The third-order valence-corrected chi connectivity index (χ3v) is 4.16. The maximum absolute atomic E-state index is 11.2. The van der Waals surface area contributed by atoms with Gasteiger partial charge in [0.25, 0.3) is 0 Å². The molecule has 0 aliphatic heterocycles. The summed E-state index contributed by atoms with van der Waals surface area (Å²) in [5, 5.41) is 18.6. The number of benzene rings is 1. The Morgan fingerprint density at radius 2 is 2.18 bits per heavy atom. The molecule has 2 aliphatic rings. The quantitative estimate of drug-likeness (QED) is 0.764. The lowest BCUT2D eigenvalue weighted by molar-refractivity contribution is 0.0695. The highest BCUT2D eigenvalue weighted by Gasteiger charge is 2.76. The van der Waals surface area contributed by atoms with E-state index in [0.29, 0.717) is 11.0 Å². The largest absolute Gasteiger partial charge is 0.478 e. The molecule has 0 bridgehead atoms. The number of hydrogen-bond donors (Lipinski definition) is 1. The lowest BCUT2D eigenvalue weighted by Crippen LogP contribution is -2.18. The Morgan fingerprint density at radius 3 is 2.65 bits per heavy atom. The molecule has 4 heteroatoms. The third kappa shape index (κ3) is 1.20. The standard InChI is InChI=1S/C13H10BNO2/c14-8-1-2-9(11(16)17)10(5-8)13(7-15)6-12(13)3-4-12/h1-2,5H,3-4,6H2,(H,16,17). The number of aromatic carboxylic acids is 1. The number of hydrogen-bond acceptors (Lipinski definition) is 2. The Balaban J connectivity index is 2.18. The van der Waals surface area contributed by atoms with Gasteiger partial charge in [-0.3, -0.25) is 0 Å². The van der Waals surface area contributed by atoms with Crippen molar-refractivity contribution < 1.29 is 9.90 Å². The van der Waals surface area contributed by atoms with E-state index in [1.807, 2.05) is 0 Å². The van der Waals surface area contributed by atoms with Crippen molar-refractivity contribution in [2.24, 2.45) is 5.41 Å². The van der Waals surface area contributed by atoms with Crippen LogP contribution in [0.15, 0.2) is 18.2 Å². The smallest absolute Gasteiger partial charge is 0.336 e. The van der Waals surface area contributed by atoms with E-state index in [1.165, 1.54) is 6.07 Å². The Bertz CT molecular complexity index is 571. The van der Waals surface area contributed by atoms with E-state index >= 15 is 0 Å². The van der Waals surface area contributed by atoms with Crippen LogP contribution in [-0.4, -0.2) is 18.9 Å². The zero-order valence-corrected chi connectivity index (χ0v) is 9.23. The average Bonchev–Trinajstić information content (AvgIpc) is 3.18. The molecule has 1 unspecified atom stereocenters. The molecule has 3 rings (SSSR count). The van der Waals surface area contributed by atoms with Gasteiger partial charge in [0.1, 0.15) is 7.85 Å². The van der Waals surface area contributed by atoms with Crippen LogP contribution in [0.25, 0.3) is 0 Å². The van der Waals surface area contributed by atoms with Crippen molar-refractivity contribution >= 4 is 19.3 Å². The molecule has 2 radical (unpaired) electrons. The summed E-state index contributed by atoms with van der Waals surface area (Å²) in [6, 6.07) is 7.05. The van der Waals surface area contributed by atoms with Crippen molar-refractivity contribution in [2.75, 3.05) is 0 Å². The molecule has 3 nitrogen and oxygen atoms in total. The molecule has 1 aromatic carbocycles. The van der Waals surface area contributed by atoms with Crippen molar-refractivity contribution in [1.29, 1.82) is 5.26 Å². The second-order valence-corrected chi connectivity index (χ2v) is 5.08. The minimum atomic E-state index is -0.989. The summed E-state index contributed by atoms with van der Waals surface area (Å²) in [5.41, 5.74) is 0.785. The van der Waals surface area contributed by atoms with Crippen molar-refractivity contribution in [3.63, 3.8) is 0 Å². The van der Waals surface area contributed by atoms with E-state index < -0.39 is 11.4 Å². The number of nitrogens with zero attached hydrogens (tertiary/aromatic N) is 1. The van der Waals surface area contributed by atoms with Crippen LogP contribution >= 0.6 is 0 Å². The summed E-state index contributed by atoms with van der Waals surface area (Å²) in [7, 11) is 5.71. The number of carboxylic acid groups (broad SMARTS) is 1. The minimum Gasteiger partial charge on any atom is -0.478 e. The summed E-state index contributed by atoms with van der Waals surface area (Å²) in [6.07, 6.45) is 2.82. The van der Waals surface area contributed by atoms with Crippen molar-refractivity contribution in [1.82, 2.24) is 0 Å². The van der Waals surface area contributed by atoms with Gasteiger partial charge in [-0.15, -0.1) is 0 Å². The Morgan fingerprint density at radius 1 is 1.47 bits per heavy atom. The molecule has 1 N–H and O–H groups in total. The van der Waals surface area contributed by atoms with Crippen molar-refractivity contribution in [2.45, 2.75) is 24.7 Å². The van der Waals surface area contributed by atoms with E-state index in [1.54, 1.807) is 12.1 Å². The van der Waals surface area contributed by atoms with Crippen LogP contribution in [-0.2, 0) is 5.41 Å². The van der Waals surface area contributed by atoms with E-state index in [2.05, 4.69) is 6.07 Å². The summed E-state index contributed by atoms with van der Waals surface area (Å²) >= 11 is 0. The fourth-order valence-electron chi connectivity index (χ4n) is 2.92. The normalized spacial score (nSPS) is 27.5. The van der Waals surface area contributed by atoms with E-state index in [0.717, 1.165) is 19.3 Å². The molecular weight excluding hydrogens is 213 g/mol. The van der Waals surface area contributed by atoms with Crippen LogP contribution < -0.4 is 5.46 Å². The van der Waals surface area contributed by atoms with Gasteiger partial charge in [-0.05, 0) is 36.3 Å². The molecule has 1 atom stereocenters. The van der Waals surface area contributed by atoms with Crippen LogP contribution in [0.3, 0.4) is 0 Å². The molecule has 2 saturated carbocycles. The van der Waals surface area contributed by atoms with Crippen LogP contribution in [0.5, 0.6) is 0 Å². The molecule has 0 heterocycles. The summed E-state index contributed by atoms with van der Waals surface area (Å²) < 4.78 is 0. The van der Waals surface area contributed by atoms with E-state index in [-0.39, 0.29) is 11.0 Å². The van der Waals surface area contributed by atoms with Gasteiger partial charge in [0.15, 0.2) is 0 Å². The Labute approximate surface area is 100 Å². The fourth-order valence-corrected chi connectivity index (χ4v) is 2.92. The van der Waals surface area contributed by atoms with Gasteiger partial charge < -0.3 is 5.11 Å². The zero-order valence-electron chi connectivity index (χ0n) is 9.23. The molecule has 82 valence electrons. The second kappa shape index (κ2) is 2.92. The first-order valence-corrected chi connectivity index (χ1v) is 5.59. The third-order valence-electron chi connectivity index (χ3n) is 4.16. The van der Waals surface area contributed by atoms with Gasteiger partial charge in [0.2, 0.25) is 0 Å². The van der Waals surface area contributed by atoms with Gasteiger partial charge in [-0.2, -0.15) is 5.26 Å². The Hall–Kier alpha value is -1.76. The number of rotatable bonds is 2. The SMILES string of the molecule is [B]c1ccc(C(=O)O)c(C2(C#N)CC23CC3)c1. The monoisotopic (exact) mass is 223 g/mol. The van der Waals surface area contributed by atoms with Crippen molar-refractivity contribution in [3.8, 4) is 6.07 Å². The first-order chi connectivity index (χ1) is 8.05. The fraction of sp³-hybridized carbons (Fsp3) is 0.385. The van der Waals surface area contributed by atoms with Gasteiger partial charge in [-0.1, -0.05) is 17.6 Å². The predicted octanol–water partition coefficient (Wildman–Crippen LogP) is 1.12. The van der Waals surface area contributed by atoms with E-state index in [9.17, 15) is 15.2 Å².